The summed E-state index contributed by atoms with van der Waals surface area (Å²) in [4.78, 5) is 25.3. The third kappa shape index (κ3) is 2.89. The van der Waals surface area contributed by atoms with Crippen molar-refractivity contribution in [2.75, 3.05) is 18.9 Å². The lowest BCUT2D eigenvalue weighted by Crippen LogP contribution is -2.39. The van der Waals surface area contributed by atoms with E-state index in [2.05, 4.69) is 0 Å². The van der Waals surface area contributed by atoms with Crippen LogP contribution < -0.4 is 11.3 Å². The summed E-state index contributed by atoms with van der Waals surface area (Å²) in [5, 5.41) is 8.94. The number of carbonyl (C=O) groups excluding carboxylic acids is 1. The molecule has 0 aliphatic heterocycles. The number of nitrogen functional groups attached to an aromatic ring is 1. The van der Waals surface area contributed by atoms with Gasteiger partial charge in [0.2, 0.25) is 5.91 Å². The second-order valence-corrected chi connectivity index (χ2v) is 4.47. The maximum absolute atomic E-state index is 12.1. The quantitative estimate of drug-likeness (QED) is 0.732. The molecule has 0 radical (unpaired) electrons. The summed E-state index contributed by atoms with van der Waals surface area (Å²) >= 11 is 0. The Balaban J connectivity index is 2.09. The Kier molecular flexibility index (Phi) is 3.66. The van der Waals surface area contributed by atoms with Crippen molar-refractivity contribution in [3.05, 3.63) is 28.7 Å². The van der Waals surface area contributed by atoms with Crippen LogP contribution in [0.25, 0.3) is 0 Å². The van der Waals surface area contributed by atoms with Gasteiger partial charge in [0, 0.05) is 30.5 Å². The monoisotopic (exact) mass is 251 g/mol. The van der Waals surface area contributed by atoms with E-state index in [4.69, 9.17) is 10.8 Å². The smallest absolute Gasteiger partial charge is 0.251 e. The first-order chi connectivity index (χ1) is 8.61. The first-order valence-electron chi connectivity index (χ1n) is 5.98. The summed E-state index contributed by atoms with van der Waals surface area (Å²) in [5.74, 6) is -0.153. The first kappa shape index (κ1) is 12.6. The Morgan fingerprint density at radius 2 is 2.22 bits per heavy atom. The van der Waals surface area contributed by atoms with Crippen LogP contribution in [0.2, 0.25) is 0 Å². The zero-order valence-corrected chi connectivity index (χ0v) is 10.1. The molecule has 0 unspecified atom stereocenters. The lowest BCUT2D eigenvalue weighted by atomic mass is 10.3. The van der Waals surface area contributed by atoms with Gasteiger partial charge in [-0.2, -0.15) is 0 Å². The van der Waals surface area contributed by atoms with E-state index in [0.717, 1.165) is 12.8 Å². The van der Waals surface area contributed by atoms with E-state index in [0.29, 0.717) is 12.2 Å². The molecule has 0 bridgehead atoms. The average Bonchev–Trinajstić information content (AvgIpc) is 3.14. The molecule has 1 heterocycles. The van der Waals surface area contributed by atoms with Crippen LogP contribution in [-0.4, -0.2) is 39.7 Å². The Bertz CT molecular complexity index is 494. The third-order valence-corrected chi connectivity index (χ3v) is 2.96. The first-order valence-corrected chi connectivity index (χ1v) is 5.98. The summed E-state index contributed by atoms with van der Waals surface area (Å²) < 4.78 is 1.30. The van der Waals surface area contributed by atoms with Gasteiger partial charge in [0.1, 0.15) is 6.54 Å². The van der Waals surface area contributed by atoms with Gasteiger partial charge in [0.25, 0.3) is 5.56 Å². The Morgan fingerprint density at radius 1 is 1.50 bits per heavy atom. The van der Waals surface area contributed by atoms with Crippen molar-refractivity contribution >= 4 is 11.6 Å². The largest absolute Gasteiger partial charge is 0.398 e. The van der Waals surface area contributed by atoms with Gasteiger partial charge in [-0.15, -0.1) is 0 Å². The zero-order valence-electron chi connectivity index (χ0n) is 10.1. The van der Waals surface area contributed by atoms with Crippen LogP contribution in [-0.2, 0) is 11.3 Å². The Morgan fingerprint density at radius 3 is 2.83 bits per heavy atom. The van der Waals surface area contributed by atoms with E-state index in [-0.39, 0.29) is 30.7 Å². The number of aliphatic hydroxyl groups is 1. The molecule has 0 spiro atoms. The second-order valence-electron chi connectivity index (χ2n) is 4.47. The number of aromatic nitrogens is 1. The number of hydrogen-bond donors (Lipinski definition) is 2. The third-order valence-electron chi connectivity index (χ3n) is 2.96. The van der Waals surface area contributed by atoms with E-state index >= 15 is 0 Å². The number of nitrogens with two attached hydrogens (primary N) is 1. The zero-order chi connectivity index (χ0) is 13.1. The highest BCUT2D eigenvalue weighted by Crippen LogP contribution is 2.26. The van der Waals surface area contributed by atoms with E-state index in [1.54, 1.807) is 4.90 Å². The highest BCUT2D eigenvalue weighted by atomic mass is 16.3. The maximum Gasteiger partial charge on any atom is 0.251 e. The van der Waals surface area contributed by atoms with Gasteiger partial charge in [-0.05, 0) is 18.9 Å². The van der Waals surface area contributed by atoms with Crippen LogP contribution in [0, 0.1) is 0 Å². The minimum Gasteiger partial charge on any atom is -0.398 e. The van der Waals surface area contributed by atoms with Gasteiger partial charge in [0.15, 0.2) is 0 Å². The minimum atomic E-state index is -0.253. The van der Waals surface area contributed by atoms with Crippen molar-refractivity contribution in [1.29, 1.82) is 0 Å². The number of rotatable bonds is 5. The molecule has 1 aromatic rings. The molecule has 1 amide bonds. The summed E-state index contributed by atoms with van der Waals surface area (Å²) in [6, 6.07) is 3.08. The molecule has 1 aliphatic rings. The summed E-state index contributed by atoms with van der Waals surface area (Å²) in [6.45, 7) is 0.231. The number of aliphatic hydroxyl groups excluding tert-OH is 1. The molecule has 0 atom stereocenters. The predicted octanol–water partition coefficient (Wildman–Crippen LogP) is -0.586. The maximum atomic E-state index is 12.1. The number of anilines is 1. The van der Waals surface area contributed by atoms with Gasteiger partial charge >= 0.3 is 0 Å². The minimum absolute atomic E-state index is 0.0274. The fraction of sp³-hybridized carbons (Fsp3) is 0.500. The molecule has 18 heavy (non-hydrogen) atoms. The van der Waals surface area contributed by atoms with E-state index in [1.807, 2.05) is 0 Å². The fourth-order valence-electron chi connectivity index (χ4n) is 1.91. The molecule has 1 fully saturated rings. The number of hydrogen-bond acceptors (Lipinski definition) is 4. The average molecular weight is 251 g/mol. The van der Waals surface area contributed by atoms with Crippen molar-refractivity contribution < 1.29 is 9.90 Å². The number of amides is 1. The molecule has 6 nitrogen and oxygen atoms in total. The van der Waals surface area contributed by atoms with E-state index in [9.17, 15) is 9.59 Å². The lowest BCUT2D eigenvalue weighted by molar-refractivity contribution is -0.133. The second kappa shape index (κ2) is 5.22. The van der Waals surface area contributed by atoms with Crippen molar-refractivity contribution in [1.82, 2.24) is 9.47 Å². The lowest BCUT2D eigenvalue weighted by Gasteiger charge is -2.21. The Labute approximate surface area is 105 Å². The number of pyridine rings is 1. The fourth-order valence-corrected chi connectivity index (χ4v) is 1.91. The molecule has 0 saturated heterocycles. The highest BCUT2D eigenvalue weighted by Gasteiger charge is 2.31. The topological polar surface area (TPSA) is 88.6 Å². The standard InChI is InChI=1S/C12H17N3O3/c13-9-1-4-11(17)14(7-9)8-12(18)15(5-6-16)10-2-3-10/h1,4,7,10,16H,2-3,5-6,8,13H2. The van der Waals surface area contributed by atoms with Crippen LogP contribution in [0.15, 0.2) is 23.1 Å². The molecule has 98 valence electrons. The molecule has 1 aliphatic carbocycles. The molecule has 1 aromatic heterocycles. The molecule has 2 rings (SSSR count). The van der Waals surface area contributed by atoms with Crippen LogP contribution in [0.3, 0.4) is 0 Å². The van der Waals surface area contributed by atoms with Crippen molar-refractivity contribution in [3.63, 3.8) is 0 Å². The molecule has 6 heteroatoms. The van der Waals surface area contributed by atoms with Gasteiger partial charge in [-0.3, -0.25) is 9.59 Å². The number of nitrogens with zero attached hydrogens (tertiary/aromatic N) is 2. The van der Waals surface area contributed by atoms with Crippen LogP contribution in [0.1, 0.15) is 12.8 Å². The van der Waals surface area contributed by atoms with Crippen LogP contribution in [0.5, 0.6) is 0 Å². The van der Waals surface area contributed by atoms with Gasteiger partial charge < -0.3 is 20.3 Å². The molecule has 0 aromatic carbocycles. The normalized spacial score (nSPS) is 14.5. The van der Waals surface area contributed by atoms with Gasteiger partial charge in [0.05, 0.1) is 6.61 Å². The SMILES string of the molecule is Nc1ccc(=O)n(CC(=O)N(CCO)C2CC2)c1. The summed E-state index contributed by atoms with van der Waals surface area (Å²) in [5.41, 5.74) is 5.78. The Hall–Kier alpha value is -1.82. The van der Waals surface area contributed by atoms with Gasteiger partial charge in [-0.1, -0.05) is 0 Å². The van der Waals surface area contributed by atoms with E-state index < -0.39 is 0 Å². The number of carbonyl (C=O) groups is 1. The predicted molar refractivity (Wildman–Crippen MR) is 66.9 cm³/mol. The van der Waals surface area contributed by atoms with Crippen LogP contribution >= 0.6 is 0 Å². The van der Waals surface area contributed by atoms with Gasteiger partial charge in [-0.25, -0.2) is 0 Å². The summed E-state index contributed by atoms with van der Waals surface area (Å²) in [6.07, 6.45) is 3.40. The van der Waals surface area contributed by atoms with Crippen molar-refractivity contribution in [3.8, 4) is 0 Å². The summed E-state index contributed by atoms with van der Waals surface area (Å²) in [7, 11) is 0. The molecule has 3 N–H and O–H groups in total. The van der Waals surface area contributed by atoms with Crippen LogP contribution in [0.4, 0.5) is 5.69 Å². The molecule has 1 saturated carbocycles. The van der Waals surface area contributed by atoms with Crippen molar-refractivity contribution in [2.45, 2.75) is 25.4 Å². The van der Waals surface area contributed by atoms with E-state index in [1.165, 1.54) is 22.9 Å². The van der Waals surface area contributed by atoms with Crippen molar-refractivity contribution in [2.24, 2.45) is 0 Å². The molecular weight excluding hydrogens is 234 g/mol. The highest BCUT2D eigenvalue weighted by molar-refractivity contribution is 5.76. The molecular formula is C12H17N3O3.